The minimum atomic E-state index is -0.461. The maximum absolute atomic E-state index is 12.4. The molecule has 0 bridgehead atoms. The number of carbonyl (C=O) groups is 1. The van der Waals surface area contributed by atoms with E-state index in [4.69, 9.17) is 4.74 Å². The fraction of sp³-hybridized carbons (Fsp3) is 0.684. The van der Waals surface area contributed by atoms with Crippen molar-refractivity contribution in [2.45, 2.75) is 77.0 Å². The molecule has 1 amide bonds. The molecule has 1 saturated carbocycles. The molecule has 1 N–H and O–H groups in total. The third-order valence-electron chi connectivity index (χ3n) is 4.76. The molecule has 3 rings (SSSR count). The van der Waals surface area contributed by atoms with E-state index in [0.29, 0.717) is 6.04 Å². The summed E-state index contributed by atoms with van der Waals surface area (Å²) < 4.78 is 5.54. The zero-order valence-corrected chi connectivity index (χ0v) is 15.0. The molecule has 0 radical (unpaired) electrons. The summed E-state index contributed by atoms with van der Waals surface area (Å²) in [6.07, 6.45) is 8.74. The molecule has 2 heterocycles. The minimum absolute atomic E-state index is 0.0767. The van der Waals surface area contributed by atoms with E-state index in [1.54, 1.807) is 0 Å². The monoisotopic (exact) mass is 331 g/mol. The Morgan fingerprint density at radius 3 is 2.58 bits per heavy atom. The van der Waals surface area contributed by atoms with E-state index in [-0.39, 0.29) is 12.1 Å². The minimum Gasteiger partial charge on any atom is -0.444 e. The van der Waals surface area contributed by atoms with E-state index >= 15 is 0 Å². The lowest BCUT2D eigenvalue weighted by atomic mass is 10.1. The summed E-state index contributed by atoms with van der Waals surface area (Å²) in [5.41, 5.74) is 0.632. The Hall–Kier alpha value is -1.78. The second kappa shape index (κ2) is 6.99. The number of hydrogen-bond donors (Lipinski definition) is 1. The lowest BCUT2D eigenvalue weighted by molar-refractivity contribution is 0.0224. The third kappa shape index (κ3) is 4.19. The number of rotatable bonds is 3. The van der Waals surface area contributed by atoms with Crippen LogP contribution in [0.3, 0.4) is 0 Å². The number of nitrogens with one attached hydrogen (secondary N) is 1. The molecule has 132 valence electrons. The maximum Gasteiger partial charge on any atom is 0.410 e. The second-order valence-electron chi connectivity index (χ2n) is 7.93. The van der Waals surface area contributed by atoms with Crippen molar-refractivity contribution in [3.05, 3.63) is 23.9 Å². The molecule has 2 aliphatic rings. The van der Waals surface area contributed by atoms with Crippen LogP contribution in [0.4, 0.5) is 10.6 Å². The lowest BCUT2D eigenvalue weighted by Gasteiger charge is -2.28. The molecule has 1 saturated heterocycles. The molecule has 0 aromatic carbocycles. The molecular weight excluding hydrogens is 302 g/mol. The second-order valence-corrected chi connectivity index (χ2v) is 7.93. The smallest absolute Gasteiger partial charge is 0.410 e. The Morgan fingerprint density at radius 2 is 1.96 bits per heavy atom. The average molecular weight is 331 g/mol. The standard InChI is InChI=1S/C19H29N3O2/c1-19(2,3)24-18(23)22-12-6-9-16(22)14-10-11-17(20-13-14)21-15-7-4-5-8-15/h10-11,13,15-16H,4-9,12H2,1-3H3,(H,20,21)/t16-/m0/s1. The predicted octanol–water partition coefficient (Wildman–Crippen LogP) is 4.51. The summed E-state index contributed by atoms with van der Waals surface area (Å²) in [5, 5.41) is 3.51. The van der Waals surface area contributed by atoms with E-state index in [1.165, 1.54) is 25.7 Å². The largest absolute Gasteiger partial charge is 0.444 e. The normalized spacial score (nSPS) is 22.0. The molecule has 24 heavy (non-hydrogen) atoms. The van der Waals surface area contributed by atoms with Gasteiger partial charge in [0, 0.05) is 18.8 Å². The number of aromatic nitrogens is 1. The highest BCUT2D eigenvalue weighted by Gasteiger charge is 2.33. The SMILES string of the molecule is CC(C)(C)OC(=O)N1CCC[C@H]1c1ccc(NC2CCCC2)nc1. The molecule has 0 unspecified atom stereocenters. The highest BCUT2D eigenvalue weighted by molar-refractivity contribution is 5.69. The molecular formula is C19H29N3O2. The first-order valence-corrected chi connectivity index (χ1v) is 9.14. The predicted molar refractivity (Wildman–Crippen MR) is 95.0 cm³/mol. The van der Waals surface area contributed by atoms with Crippen molar-refractivity contribution >= 4 is 11.9 Å². The van der Waals surface area contributed by atoms with E-state index in [1.807, 2.05) is 37.9 Å². The van der Waals surface area contributed by atoms with Crippen LogP contribution in [0.1, 0.15) is 70.9 Å². The van der Waals surface area contributed by atoms with Crippen molar-refractivity contribution in [2.24, 2.45) is 0 Å². The van der Waals surface area contributed by atoms with Crippen molar-refractivity contribution in [3.8, 4) is 0 Å². The van der Waals surface area contributed by atoms with Gasteiger partial charge in [-0.05, 0) is 58.1 Å². The van der Waals surface area contributed by atoms with Gasteiger partial charge in [0.15, 0.2) is 0 Å². The Bertz CT molecular complexity index is 559. The molecule has 1 atom stereocenters. The van der Waals surface area contributed by atoms with Crippen LogP contribution in [0.2, 0.25) is 0 Å². The van der Waals surface area contributed by atoms with Crippen molar-refractivity contribution < 1.29 is 9.53 Å². The van der Waals surface area contributed by atoms with Crippen LogP contribution < -0.4 is 5.32 Å². The summed E-state index contributed by atoms with van der Waals surface area (Å²) in [6, 6.07) is 4.78. The number of nitrogens with zero attached hydrogens (tertiary/aromatic N) is 2. The number of anilines is 1. The number of likely N-dealkylation sites (tertiary alicyclic amines) is 1. The molecule has 1 aliphatic heterocycles. The molecule has 1 aromatic rings. The summed E-state index contributed by atoms with van der Waals surface area (Å²) >= 11 is 0. The topological polar surface area (TPSA) is 54.5 Å². The van der Waals surface area contributed by atoms with Crippen molar-refractivity contribution in [1.29, 1.82) is 0 Å². The van der Waals surface area contributed by atoms with Crippen LogP contribution in [0.15, 0.2) is 18.3 Å². The molecule has 5 heteroatoms. The number of hydrogen-bond acceptors (Lipinski definition) is 4. The zero-order chi connectivity index (χ0) is 17.2. The van der Waals surface area contributed by atoms with Crippen molar-refractivity contribution in [3.63, 3.8) is 0 Å². The molecule has 5 nitrogen and oxygen atoms in total. The van der Waals surface area contributed by atoms with E-state index in [2.05, 4.69) is 16.4 Å². The molecule has 2 fully saturated rings. The Labute approximate surface area is 144 Å². The van der Waals surface area contributed by atoms with Crippen LogP contribution >= 0.6 is 0 Å². The first kappa shape index (κ1) is 17.1. The summed E-state index contributed by atoms with van der Waals surface area (Å²) in [6.45, 7) is 6.46. The van der Waals surface area contributed by atoms with Crippen molar-refractivity contribution in [1.82, 2.24) is 9.88 Å². The third-order valence-corrected chi connectivity index (χ3v) is 4.76. The van der Waals surface area contributed by atoms with Crippen LogP contribution in [-0.4, -0.2) is 34.2 Å². The highest BCUT2D eigenvalue weighted by atomic mass is 16.6. The fourth-order valence-corrected chi connectivity index (χ4v) is 3.62. The van der Waals surface area contributed by atoms with Crippen LogP contribution in [0, 0.1) is 0 Å². The van der Waals surface area contributed by atoms with Gasteiger partial charge in [-0.25, -0.2) is 9.78 Å². The first-order valence-electron chi connectivity index (χ1n) is 9.14. The first-order chi connectivity index (χ1) is 11.4. The van der Waals surface area contributed by atoms with Gasteiger partial charge < -0.3 is 15.0 Å². The van der Waals surface area contributed by atoms with Gasteiger partial charge in [0.25, 0.3) is 0 Å². The number of ether oxygens (including phenoxy) is 1. The Balaban J connectivity index is 1.65. The van der Waals surface area contributed by atoms with Crippen LogP contribution in [0.25, 0.3) is 0 Å². The maximum atomic E-state index is 12.4. The Kier molecular flexibility index (Phi) is 4.97. The summed E-state index contributed by atoms with van der Waals surface area (Å²) in [7, 11) is 0. The molecule has 0 spiro atoms. The van der Waals surface area contributed by atoms with Gasteiger partial charge in [0.2, 0.25) is 0 Å². The fourth-order valence-electron chi connectivity index (χ4n) is 3.62. The van der Waals surface area contributed by atoms with Gasteiger partial charge in [-0.2, -0.15) is 0 Å². The molecule has 1 aromatic heterocycles. The Morgan fingerprint density at radius 1 is 1.21 bits per heavy atom. The van der Waals surface area contributed by atoms with Gasteiger partial charge in [-0.3, -0.25) is 0 Å². The van der Waals surface area contributed by atoms with E-state index in [9.17, 15) is 4.79 Å². The van der Waals surface area contributed by atoms with Gasteiger partial charge in [0.05, 0.1) is 6.04 Å². The van der Waals surface area contributed by atoms with Crippen LogP contribution in [0.5, 0.6) is 0 Å². The number of carbonyl (C=O) groups excluding carboxylic acids is 1. The van der Waals surface area contributed by atoms with E-state index < -0.39 is 5.60 Å². The van der Waals surface area contributed by atoms with Crippen molar-refractivity contribution in [2.75, 3.05) is 11.9 Å². The van der Waals surface area contributed by atoms with Crippen LogP contribution in [-0.2, 0) is 4.74 Å². The summed E-state index contributed by atoms with van der Waals surface area (Å²) in [4.78, 5) is 18.8. The zero-order valence-electron chi connectivity index (χ0n) is 15.0. The quantitative estimate of drug-likeness (QED) is 0.885. The van der Waals surface area contributed by atoms with Gasteiger partial charge in [-0.1, -0.05) is 18.9 Å². The number of pyridine rings is 1. The van der Waals surface area contributed by atoms with Gasteiger partial charge in [0.1, 0.15) is 11.4 Å². The lowest BCUT2D eigenvalue weighted by Crippen LogP contribution is -2.36. The van der Waals surface area contributed by atoms with Gasteiger partial charge >= 0.3 is 6.09 Å². The summed E-state index contributed by atoms with van der Waals surface area (Å²) in [5.74, 6) is 0.937. The average Bonchev–Trinajstić information content (AvgIpc) is 3.17. The highest BCUT2D eigenvalue weighted by Crippen LogP contribution is 2.33. The number of amides is 1. The van der Waals surface area contributed by atoms with E-state index in [0.717, 1.165) is 30.8 Å². The van der Waals surface area contributed by atoms with Gasteiger partial charge in [-0.15, -0.1) is 0 Å². The molecule has 1 aliphatic carbocycles.